The van der Waals surface area contributed by atoms with Gasteiger partial charge in [0, 0.05) is 30.9 Å². The lowest BCUT2D eigenvalue weighted by atomic mass is 9.96. The van der Waals surface area contributed by atoms with Crippen LogP contribution in [0.4, 0.5) is 11.4 Å². The van der Waals surface area contributed by atoms with Gasteiger partial charge in [0.05, 0.1) is 11.0 Å². The smallest absolute Gasteiger partial charge is 0.271 e. The summed E-state index contributed by atoms with van der Waals surface area (Å²) < 4.78 is 0. The molecule has 0 radical (unpaired) electrons. The largest absolute Gasteiger partial charge is 0.393 e. The number of nitrogens with zero attached hydrogens (tertiary/aromatic N) is 2. The number of anilines is 1. The summed E-state index contributed by atoms with van der Waals surface area (Å²) in [7, 11) is 0. The maximum atomic E-state index is 10.9. The molecule has 2 atom stereocenters. The Labute approximate surface area is 106 Å². The lowest BCUT2D eigenvalue weighted by Gasteiger charge is -2.36. The minimum absolute atomic E-state index is 0.128. The fourth-order valence-electron chi connectivity index (χ4n) is 2.40. The zero-order chi connectivity index (χ0) is 13.3. The van der Waals surface area contributed by atoms with E-state index >= 15 is 0 Å². The number of rotatable bonds is 2. The van der Waals surface area contributed by atoms with Crippen LogP contribution >= 0.6 is 0 Å². The highest BCUT2D eigenvalue weighted by molar-refractivity contribution is 5.56. The van der Waals surface area contributed by atoms with Gasteiger partial charge in [-0.05, 0) is 30.9 Å². The summed E-state index contributed by atoms with van der Waals surface area (Å²) >= 11 is 0. The molecular formula is C13H18N2O3. The Morgan fingerprint density at radius 2 is 2.17 bits per heavy atom. The molecule has 2 rings (SSSR count). The highest BCUT2D eigenvalue weighted by Gasteiger charge is 2.25. The fourth-order valence-corrected chi connectivity index (χ4v) is 2.40. The number of piperidine rings is 1. The monoisotopic (exact) mass is 250 g/mol. The lowest BCUT2D eigenvalue weighted by Crippen LogP contribution is -2.42. The third-order valence-electron chi connectivity index (χ3n) is 3.48. The molecule has 1 N–H and O–H groups in total. The van der Waals surface area contributed by atoms with E-state index in [2.05, 4.69) is 4.90 Å². The van der Waals surface area contributed by atoms with Gasteiger partial charge in [-0.3, -0.25) is 10.1 Å². The van der Waals surface area contributed by atoms with E-state index in [1.807, 2.05) is 19.9 Å². The van der Waals surface area contributed by atoms with Crippen molar-refractivity contribution in [1.29, 1.82) is 0 Å². The minimum atomic E-state index is -0.362. The summed E-state index contributed by atoms with van der Waals surface area (Å²) in [4.78, 5) is 12.6. The molecule has 0 spiro atoms. The number of aliphatic hydroxyl groups excluding tert-OH is 1. The SMILES string of the molecule is Cc1cc(N2CCC(O)C(C)C2)cc([N+](=O)[O-])c1. The van der Waals surface area contributed by atoms with Crippen molar-refractivity contribution in [1.82, 2.24) is 0 Å². The molecule has 1 aliphatic rings. The highest BCUT2D eigenvalue weighted by Crippen LogP contribution is 2.27. The van der Waals surface area contributed by atoms with Gasteiger partial charge in [0.25, 0.3) is 5.69 Å². The normalized spacial score (nSPS) is 24.1. The van der Waals surface area contributed by atoms with E-state index in [4.69, 9.17) is 0 Å². The molecule has 0 amide bonds. The molecule has 2 unspecified atom stereocenters. The van der Waals surface area contributed by atoms with Gasteiger partial charge in [0.1, 0.15) is 0 Å². The van der Waals surface area contributed by atoms with E-state index in [1.54, 1.807) is 12.1 Å². The Morgan fingerprint density at radius 1 is 1.44 bits per heavy atom. The number of benzene rings is 1. The number of nitro groups is 1. The molecule has 0 aromatic heterocycles. The van der Waals surface area contributed by atoms with E-state index in [0.717, 1.165) is 24.3 Å². The van der Waals surface area contributed by atoms with Crippen molar-refractivity contribution in [2.24, 2.45) is 5.92 Å². The van der Waals surface area contributed by atoms with Gasteiger partial charge >= 0.3 is 0 Å². The topological polar surface area (TPSA) is 66.6 Å². The molecule has 5 heteroatoms. The predicted octanol–water partition coefficient (Wildman–Crippen LogP) is 2.11. The zero-order valence-corrected chi connectivity index (χ0v) is 10.7. The Bertz CT molecular complexity index is 462. The van der Waals surface area contributed by atoms with Crippen LogP contribution in [0, 0.1) is 23.0 Å². The van der Waals surface area contributed by atoms with Gasteiger partial charge < -0.3 is 10.0 Å². The molecular weight excluding hydrogens is 232 g/mol. The molecule has 18 heavy (non-hydrogen) atoms. The van der Waals surface area contributed by atoms with Crippen molar-refractivity contribution in [2.75, 3.05) is 18.0 Å². The van der Waals surface area contributed by atoms with Crippen LogP contribution in [0.25, 0.3) is 0 Å². The number of aryl methyl sites for hydroxylation is 1. The number of non-ortho nitro benzene ring substituents is 1. The molecule has 1 heterocycles. The molecule has 0 bridgehead atoms. The number of aliphatic hydroxyl groups is 1. The van der Waals surface area contributed by atoms with Crippen molar-refractivity contribution in [3.63, 3.8) is 0 Å². The van der Waals surface area contributed by atoms with Crippen LogP contribution in [-0.2, 0) is 0 Å². The second-order valence-electron chi connectivity index (χ2n) is 5.06. The van der Waals surface area contributed by atoms with Gasteiger partial charge in [-0.15, -0.1) is 0 Å². The van der Waals surface area contributed by atoms with Crippen molar-refractivity contribution >= 4 is 11.4 Å². The van der Waals surface area contributed by atoms with Crippen LogP contribution < -0.4 is 4.90 Å². The van der Waals surface area contributed by atoms with E-state index in [-0.39, 0.29) is 22.6 Å². The maximum Gasteiger partial charge on any atom is 0.271 e. The molecule has 98 valence electrons. The Balaban J connectivity index is 2.25. The zero-order valence-electron chi connectivity index (χ0n) is 10.7. The van der Waals surface area contributed by atoms with E-state index < -0.39 is 0 Å². The maximum absolute atomic E-state index is 10.9. The quantitative estimate of drug-likeness (QED) is 0.645. The molecule has 5 nitrogen and oxygen atoms in total. The van der Waals surface area contributed by atoms with Crippen LogP contribution in [0.15, 0.2) is 18.2 Å². The summed E-state index contributed by atoms with van der Waals surface area (Å²) in [5.41, 5.74) is 1.89. The van der Waals surface area contributed by atoms with Gasteiger partial charge in [0.2, 0.25) is 0 Å². The Morgan fingerprint density at radius 3 is 2.78 bits per heavy atom. The standard InChI is InChI=1S/C13H18N2O3/c1-9-5-11(7-12(6-9)15(17)18)14-4-3-13(16)10(2)8-14/h5-7,10,13,16H,3-4,8H2,1-2H3. The molecule has 1 aromatic rings. The summed E-state index contributed by atoms with van der Waals surface area (Å²) in [5, 5.41) is 20.6. The first-order chi connectivity index (χ1) is 8.47. The molecule has 1 aliphatic heterocycles. The van der Waals surface area contributed by atoms with Gasteiger partial charge in [-0.2, -0.15) is 0 Å². The van der Waals surface area contributed by atoms with E-state index in [0.29, 0.717) is 6.42 Å². The molecule has 1 fully saturated rings. The summed E-state index contributed by atoms with van der Waals surface area (Å²) in [5.74, 6) is 0.193. The fraction of sp³-hybridized carbons (Fsp3) is 0.538. The van der Waals surface area contributed by atoms with Crippen LogP contribution in [-0.4, -0.2) is 29.2 Å². The van der Waals surface area contributed by atoms with E-state index in [1.165, 1.54) is 0 Å². The first-order valence-electron chi connectivity index (χ1n) is 6.16. The van der Waals surface area contributed by atoms with Gasteiger partial charge in [0.15, 0.2) is 0 Å². The Kier molecular flexibility index (Phi) is 3.52. The van der Waals surface area contributed by atoms with Crippen molar-refractivity contribution < 1.29 is 10.0 Å². The van der Waals surface area contributed by atoms with Crippen LogP contribution in [0.3, 0.4) is 0 Å². The summed E-state index contributed by atoms with van der Waals surface area (Å²) in [6.07, 6.45) is 0.448. The van der Waals surface area contributed by atoms with Crippen LogP contribution in [0.1, 0.15) is 18.9 Å². The third-order valence-corrected chi connectivity index (χ3v) is 3.48. The second kappa shape index (κ2) is 4.94. The van der Waals surface area contributed by atoms with Gasteiger partial charge in [-0.25, -0.2) is 0 Å². The number of hydrogen-bond acceptors (Lipinski definition) is 4. The van der Waals surface area contributed by atoms with Gasteiger partial charge in [-0.1, -0.05) is 6.92 Å². The van der Waals surface area contributed by atoms with E-state index in [9.17, 15) is 15.2 Å². The molecule has 1 aromatic carbocycles. The molecule has 0 saturated carbocycles. The first kappa shape index (κ1) is 12.8. The lowest BCUT2D eigenvalue weighted by molar-refractivity contribution is -0.384. The minimum Gasteiger partial charge on any atom is -0.393 e. The molecule has 1 saturated heterocycles. The molecule has 0 aliphatic carbocycles. The van der Waals surface area contributed by atoms with Crippen molar-refractivity contribution in [3.8, 4) is 0 Å². The average molecular weight is 250 g/mol. The second-order valence-corrected chi connectivity index (χ2v) is 5.06. The highest BCUT2D eigenvalue weighted by atomic mass is 16.6. The third kappa shape index (κ3) is 2.61. The predicted molar refractivity (Wildman–Crippen MR) is 69.8 cm³/mol. The Hall–Kier alpha value is -1.62. The van der Waals surface area contributed by atoms with Crippen LogP contribution in [0.2, 0.25) is 0 Å². The van der Waals surface area contributed by atoms with Crippen molar-refractivity contribution in [3.05, 3.63) is 33.9 Å². The average Bonchev–Trinajstić information content (AvgIpc) is 2.31. The summed E-state index contributed by atoms with van der Waals surface area (Å²) in [6, 6.07) is 5.14. The number of nitro benzene ring substituents is 1. The van der Waals surface area contributed by atoms with Crippen molar-refractivity contribution in [2.45, 2.75) is 26.4 Å². The number of hydrogen-bond donors (Lipinski definition) is 1. The summed E-state index contributed by atoms with van der Waals surface area (Å²) in [6.45, 7) is 5.34. The van der Waals surface area contributed by atoms with Crippen LogP contribution in [0.5, 0.6) is 0 Å². The first-order valence-corrected chi connectivity index (χ1v) is 6.16.